The van der Waals surface area contributed by atoms with Gasteiger partial charge in [0.1, 0.15) is 0 Å². The van der Waals surface area contributed by atoms with E-state index in [2.05, 4.69) is 4.98 Å². The Balaban J connectivity index is 1.65. The van der Waals surface area contributed by atoms with Gasteiger partial charge in [0.2, 0.25) is 5.78 Å². The largest absolute Gasteiger partial charge is 0.503 e. The zero-order valence-electron chi connectivity index (χ0n) is 18.3. The molecule has 170 valence electrons. The number of carbonyl (C=O) groups is 2. The fraction of sp³-hybridized carbons (Fsp3) is 0.115. The van der Waals surface area contributed by atoms with Crippen LogP contribution in [-0.4, -0.2) is 28.9 Å². The quantitative estimate of drug-likeness (QED) is 0.379. The number of nitrogens with zero attached hydrogens (tertiary/aromatic N) is 2. The molecule has 5 rings (SSSR count). The van der Waals surface area contributed by atoms with Crippen LogP contribution in [0.2, 0.25) is 5.02 Å². The number of furan rings is 1. The fourth-order valence-corrected chi connectivity index (χ4v) is 4.37. The number of pyridine rings is 1. The van der Waals surface area contributed by atoms with E-state index in [1.165, 1.54) is 18.1 Å². The van der Waals surface area contributed by atoms with Crippen LogP contribution in [0.25, 0.3) is 11.0 Å². The van der Waals surface area contributed by atoms with Gasteiger partial charge >= 0.3 is 0 Å². The fourth-order valence-electron chi connectivity index (χ4n) is 4.15. The first kappa shape index (κ1) is 21.7. The van der Waals surface area contributed by atoms with E-state index in [0.717, 1.165) is 5.56 Å². The summed E-state index contributed by atoms with van der Waals surface area (Å²) in [5.74, 6) is -1.59. The summed E-state index contributed by atoms with van der Waals surface area (Å²) in [6.07, 6.45) is 3.14. The number of Topliss-reactive ketones (excluding diaryl/α,β-unsaturated/α-hetero) is 1. The van der Waals surface area contributed by atoms with Crippen molar-refractivity contribution in [2.24, 2.45) is 0 Å². The Morgan fingerprint density at radius 3 is 2.50 bits per heavy atom. The summed E-state index contributed by atoms with van der Waals surface area (Å²) in [5, 5.41) is 11.9. The predicted octanol–water partition coefficient (Wildman–Crippen LogP) is 5.58. The molecule has 2 aromatic carbocycles. The SMILES string of the molecule is COc1cc(Cl)cc2cc(C(=O)C3=C(O)C(=O)N(c4ccc(C)cc4)C3c3ccncc3)oc12. The van der Waals surface area contributed by atoms with E-state index in [1.807, 2.05) is 19.1 Å². The van der Waals surface area contributed by atoms with E-state index in [9.17, 15) is 14.7 Å². The van der Waals surface area contributed by atoms with Crippen molar-refractivity contribution in [1.82, 2.24) is 4.98 Å². The predicted molar refractivity (Wildman–Crippen MR) is 127 cm³/mol. The van der Waals surface area contributed by atoms with Crippen LogP contribution in [-0.2, 0) is 4.79 Å². The molecule has 1 unspecified atom stereocenters. The van der Waals surface area contributed by atoms with Crippen molar-refractivity contribution in [3.05, 3.63) is 100 Å². The lowest BCUT2D eigenvalue weighted by atomic mass is 9.95. The molecule has 2 aromatic heterocycles. The minimum atomic E-state index is -0.871. The minimum absolute atomic E-state index is 0.0465. The van der Waals surface area contributed by atoms with Crippen LogP contribution in [0.3, 0.4) is 0 Å². The Morgan fingerprint density at radius 2 is 1.82 bits per heavy atom. The Hall–Kier alpha value is -4.10. The number of anilines is 1. The van der Waals surface area contributed by atoms with Gasteiger partial charge in [0.15, 0.2) is 22.9 Å². The van der Waals surface area contributed by atoms with E-state index in [-0.39, 0.29) is 11.3 Å². The molecule has 0 bridgehead atoms. The first-order chi connectivity index (χ1) is 16.4. The Bertz CT molecular complexity index is 1460. The minimum Gasteiger partial charge on any atom is -0.503 e. The van der Waals surface area contributed by atoms with Crippen molar-refractivity contribution in [1.29, 1.82) is 0 Å². The van der Waals surface area contributed by atoms with Crippen molar-refractivity contribution >= 4 is 39.9 Å². The van der Waals surface area contributed by atoms with Crippen LogP contribution in [0.4, 0.5) is 5.69 Å². The molecule has 8 heteroatoms. The summed E-state index contributed by atoms with van der Waals surface area (Å²) in [6, 6.07) is 14.5. The molecule has 1 aliphatic heterocycles. The summed E-state index contributed by atoms with van der Waals surface area (Å²) in [4.78, 5) is 32.3. The number of aliphatic hydroxyl groups is 1. The number of hydrogen-bond acceptors (Lipinski definition) is 6. The molecule has 7 nitrogen and oxygen atoms in total. The zero-order valence-corrected chi connectivity index (χ0v) is 19.0. The van der Waals surface area contributed by atoms with Gasteiger partial charge in [0.25, 0.3) is 5.91 Å². The van der Waals surface area contributed by atoms with Gasteiger partial charge in [-0.15, -0.1) is 0 Å². The molecule has 0 saturated heterocycles. The van der Waals surface area contributed by atoms with Crippen molar-refractivity contribution in [2.45, 2.75) is 13.0 Å². The van der Waals surface area contributed by atoms with Crippen LogP contribution >= 0.6 is 11.6 Å². The zero-order chi connectivity index (χ0) is 24.0. The van der Waals surface area contributed by atoms with Gasteiger partial charge in [-0.25, -0.2) is 0 Å². The van der Waals surface area contributed by atoms with Gasteiger partial charge in [0, 0.05) is 34.6 Å². The molecule has 1 aliphatic rings. The maximum atomic E-state index is 13.7. The van der Waals surface area contributed by atoms with Crippen LogP contribution in [0.15, 0.2) is 82.7 Å². The number of rotatable bonds is 5. The summed E-state index contributed by atoms with van der Waals surface area (Å²) in [6.45, 7) is 1.93. The average Bonchev–Trinajstić information content (AvgIpc) is 3.38. The maximum absolute atomic E-state index is 13.7. The number of fused-ring (bicyclic) bond motifs is 1. The van der Waals surface area contributed by atoms with E-state index in [0.29, 0.717) is 33.0 Å². The molecule has 3 heterocycles. The number of ketones is 1. The van der Waals surface area contributed by atoms with Crippen molar-refractivity contribution < 1.29 is 23.8 Å². The van der Waals surface area contributed by atoms with E-state index in [4.69, 9.17) is 20.8 Å². The Labute approximate surface area is 199 Å². The lowest BCUT2D eigenvalue weighted by molar-refractivity contribution is -0.117. The number of halogens is 1. The molecule has 4 aromatic rings. The second-order valence-electron chi connectivity index (χ2n) is 7.92. The first-order valence-electron chi connectivity index (χ1n) is 10.4. The summed E-state index contributed by atoms with van der Waals surface area (Å²) >= 11 is 6.15. The van der Waals surface area contributed by atoms with Crippen molar-refractivity contribution in [2.75, 3.05) is 12.0 Å². The maximum Gasteiger partial charge on any atom is 0.294 e. The monoisotopic (exact) mass is 474 g/mol. The van der Waals surface area contributed by atoms with Crippen LogP contribution in [0.1, 0.15) is 27.7 Å². The topological polar surface area (TPSA) is 92.9 Å². The number of methoxy groups -OCH3 is 1. The van der Waals surface area contributed by atoms with Crippen LogP contribution in [0.5, 0.6) is 5.75 Å². The standard InChI is InChI=1S/C26H19ClN2O5/c1-14-3-5-18(6-4-14)29-22(15-7-9-28-10-8-15)21(24(31)26(29)32)23(30)19-12-16-11-17(27)13-20(33-2)25(16)34-19/h3-13,22,31H,1-2H3. The first-order valence-corrected chi connectivity index (χ1v) is 10.8. The third kappa shape index (κ3) is 3.50. The number of aromatic nitrogens is 1. The van der Waals surface area contributed by atoms with Crippen LogP contribution in [0, 0.1) is 6.92 Å². The molecule has 0 fully saturated rings. The van der Waals surface area contributed by atoms with E-state index >= 15 is 0 Å². The Morgan fingerprint density at radius 1 is 1.12 bits per heavy atom. The Kier molecular flexibility index (Phi) is 5.34. The molecule has 34 heavy (non-hydrogen) atoms. The molecule has 0 radical (unpaired) electrons. The van der Waals surface area contributed by atoms with Crippen molar-refractivity contribution in [3.63, 3.8) is 0 Å². The number of carbonyl (C=O) groups excluding carboxylic acids is 2. The van der Waals surface area contributed by atoms with Gasteiger partial charge < -0.3 is 14.3 Å². The number of amides is 1. The number of ether oxygens (including phenoxy) is 1. The highest BCUT2D eigenvalue weighted by Gasteiger charge is 2.45. The molecule has 0 aliphatic carbocycles. The summed E-state index contributed by atoms with van der Waals surface area (Å²) in [7, 11) is 1.47. The van der Waals surface area contributed by atoms with Crippen LogP contribution < -0.4 is 9.64 Å². The highest BCUT2D eigenvalue weighted by atomic mass is 35.5. The number of hydrogen-bond donors (Lipinski definition) is 1. The molecule has 0 spiro atoms. The third-order valence-corrected chi connectivity index (χ3v) is 6.00. The lowest BCUT2D eigenvalue weighted by Crippen LogP contribution is -2.31. The smallest absolute Gasteiger partial charge is 0.294 e. The second kappa shape index (κ2) is 8.35. The number of aryl methyl sites for hydroxylation is 1. The summed E-state index contributed by atoms with van der Waals surface area (Å²) in [5.41, 5.74) is 2.44. The lowest BCUT2D eigenvalue weighted by Gasteiger charge is -2.26. The normalized spacial score (nSPS) is 15.9. The third-order valence-electron chi connectivity index (χ3n) is 5.78. The van der Waals surface area contributed by atoms with Gasteiger partial charge in [0.05, 0.1) is 18.7 Å². The molecule has 0 saturated carbocycles. The molecule has 1 atom stereocenters. The number of aliphatic hydroxyl groups excluding tert-OH is 1. The van der Waals surface area contributed by atoms with E-state index in [1.54, 1.807) is 48.8 Å². The molecule has 1 amide bonds. The second-order valence-corrected chi connectivity index (χ2v) is 8.36. The summed E-state index contributed by atoms with van der Waals surface area (Å²) < 4.78 is 11.1. The molecular weight excluding hydrogens is 456 g/mol. The highest BCUT2D eigenvalue weighted by molar-refractivity contribution is 6.31. The van der Waals surface area contributed by atoms with E-state index < -0.39 is 23.5 Å². The number of benzene rings is 2. The van der Waals surface area contributed by atoms with Gasteiger partial charge in [-0.3, -0.25) is 19.5 Å². The van der Waals surface area contributed by atoms with Crippen molar-refractivity contribution in [3.8, 4) is 5.75 Å². The van der Waals surface area contributed by atoms with Gasteiger partial charge in [-0.05, 0) is 48.9 Å². The van der Waals surface area contributed by atoms with Gasteiger partial charge in [-0.1, -0.05) is 29.3 Å². The van der Waals surface area contributed by atoms with Gasteiger partial charge in [-0.2, -0.15) is 0 Å². The highest BCUT2D eigenvalue weighted by Crippen LogP contribution is 2.43. The average molecular weight is 475 g/mol. The molecular formula is C26H19ClN2O5. The molecule has 1 N–H and O–H groups in total.